The minimum absolute atomic E-state index is 0.424. The van der Waals surface area contributed by atoms with E-state index in [1.807, 2.05) is 0 Å². The molecule has 0 saturated heterocycles. The first-order chi connectivity index (χ1) is 9.55. The zero-order valence-corrected chi connectivity index (χ0v) is 14.4. The summed E-state index contributed by atoms with van der Waals surface area (Å²) in [6.07, 6.45) is 4.36. The first kappa shape index (κ1) is 15.7. The Kier molecular flexibility index (Phi) is 5.02. The van der Waals surface area contributed by atoms with Crippen molar-refractivity contribution in [1.82, 2.24) is 9.97 Å². The van der Waals surface area contributed by atoms with Crippen LogP contribution in [0, 0.1) is 0 Å². The first-order valence-corrected chi connectivity index (χ1v) is 8.22. The van der Waals surface area contributed by atoms with Gasteiger partial charge < -0.3 is 10.1 Å². The van der Waals surface area contributed by atoms with Crippen LogP contribution in [0.1, 0.15) is 63.9 Å². The SMILES string of the molecule is CCCNc1nc(C(C)(CC)OC)nc(C2CC2)c1Br. The highest BCUT2D eigenvalue weighted by Crippen LogP contribution is 2.44. The van der Waals surface area contributed by atoms with Gasteiger partial charge >= 0.3 is 0 Å². The van der Waals surface area contributed by atoms with Gasteiger partial charge in [0.15, 0.2) is 5.82 Å². The van der Waals surface area contributed by atoms with Gasteiger partial charge in [0, 0.05) is 19.6 Å². The van der Waals surface area contributed by atoms with Crippen molar-refractivity contribution in [3.63, 3.8) is 0 Å². The van der Waals surface area contributed by atoms with Crippen LogP contribution in [0.5, 0.6) is 0 Å². The Morgan fingerprint density at radius 3 is 2.55 bits per heavy atom. The Hall–Kier alpha value is -0.680. The summed E-state index contributed by atoms with van der Waals surface area (Å²) in [5, 5.41) is 3.39. The van der Waals surface area contributed by atoms with Gasteiger partial charge in [0.2, 0.25) is 0 Å². The number of hydrogen-bond donors (Lipinski definition) is 1. The molecule has 1 aliphatic rings. The summed E-state index contributed by atoms with van der Waals surface area (Å²) < 4.78 is 6.68. The van der Waals surface area contributed by atoms with Crippen molar-refractivity contribution in [2.24, 2.45) is 0 Å². The van der Waals surface area contributed by atoms with E-state index in [0.717, 1.165) is 41.2 Å². The van der Waals surface area contributed by atoms with Gasteiger partial charge in [0.05, 0.1) is 10.2 Å². The second kappa shape index (κ2) is 6.39. The van der Waals surface area contributed by atoms with Crippen molar-refractivity contribution >= 4 is 21.7 Å². The number of hydrogen-bond acceptors (Lipinski definition) is 4. The maximum Gasteiger partial charge on any atom is 0.162 e. The largest absolute Gasteiger partial charge is 0.371 e. The summed E-state index contributed by atoms with van der Waals surface area (Å²) in [6, 6.07) is 0. The fraction of sp³-hybridized carbons (Fsp3) is 0.733. The van der Waals surface area contributed by atoms with Gasteiger partial charge in [0.25, 0.3) is 0 Å². The first-order valence-electron chi connectivity index (χ1n) is 7.42. The predicted octanol–water partition coefficient (Wildman–Crippen LogP) is 4.21. The van der Waals surface area contributed by atoms with Crippen molar-refractivity contribution in [2.45, 2.75) is 58.0 Å². The summed E-state index contributed by atoms with van der Waals surface area (Å²) >= 11 is 3.67. The zero-order chi connectivity index (χ0) is 14.8. The predicted molar refractivity (Wildman–Crippen MR) is 85.1 cm³/mol. The monoisotopic (exact) mass is 341 g/mol. The van der Waals surface area contributed by atoms with Crippen LogP contribution >= 0.6 is 15.9 Å². The van der Waals surface area contributed by atoms with E-state index < -0.39 is 5.60 Å². The maximum absolute atomic E-state index is 5.66. The standard InChI is InChI=1S/C15H24BrN3O/c1-5-9-17-13-11(16)12(10-7-8-10)18-14(19-13)15(3,6-2)20-4/h10H,5-9H2,1-4H3,(H,17,18,19). The number of aromatic nitrogens is 2. The molecule has 1 heterocycles. The molecule has 0 spiro atoms. The summed E-state index contributed by atoms with van der Waals surface area (Å²) in [5.74, 6) is 2.26. The van der Waals surface area contributed by atoms with E-state index in [2.05, 4.69) is 42.0 Å². The minimum Gasteiger partial charge on any atom is -0.371 e. The van der Waals surface area contributed by atoms with E-state index in [9.17, 15) is 0 Å². The number of ether oxygens (including phenoxy) is 1. The number of rotatable bonds is 7. The lowest BCUT2D eigenvalue weighted by Crippen LogP contribution is -2.27. The molecular formula is C15H24BrN3O. The number of halogens is 1. The normalized spacial score (nSPS) is 17.9. The second-order valence-corrected chi connectivity index (χ2v) is 6.38. The van der Waals surface area contributed by atoms with E-state index in [1.165, 1.54) is 12.8 Å². The van der Waals surface area contributed by atoms with Crippen LogP contribution in [0.2, 0.25) is 0 Å². The van der Waals surface area contributed by atoms with E-state index in [4.69, 9.17) is 14.7 Å². The lowest BCUT2D eigenvalue weighted by atomic mass is 10.0. The Labute approximate surface area is 129 Å². The van der Waals surface area contributed by atoms with Gasteiger partial charge in [-0.2, -0.15) is 0 Å². The van der Waals surface area contributed by atoms with Gasteiger partial charge in [-0.3, -0.25) is 0 Å². The number of anilines is 1. The molecule has 20 heavy (non-hydrogen) atoms. The molecule has 1 saturated carbocycles. The van der Waals surface area contributed by atoms with Crippen LogP contribution in [-0.4, -0.2) is 23.6 Å². The van der Waals surface area contributed by atoms with Gasteiger partial charge in [-0.15, -0.1) is 0 Å². The Balaban J connectivity index is 2.43. The Bertz CT molecular complexity index is 470. The summed E-state index contributed by atoms with van der Waals surface area (Å²) in [4.78, 5) is 9.49. The van der Waals surface area contributed by atoms with Crippen LogP contribution in [-0.2, 0) is 10.3 Å². The van der Waals surface area contributed by atoms with Crippen molar-refractivity contribution in [3.8, 4) is 0 Å². The molecule has 112 valence electrons. The van der Waals surface area contributed by atoms with Crippen molar-refractivity contribution in [2.75, 3.05) is 19.0 Å². The molecule has 0 aliphatic heterocycles. The molecule has 1 N–H and O–H groups in total. The Morgan fingerprint density at radius 2 is 2.05 bits per heavy atom. The van der Waals surface area contributed by atoms with Crippen LogP contribution < -0.4 is 5.32 Å². The average molecular weight is 342 g/mol. The molecule has 0 radical (unpaired) electrons. The fourth-order valence-electron chi connectivity index (χ4n) is 2.08. The van der Waals surface area contributed by atoms with Gasteiger partial charge in [0.1, 0.15) is 11.4 Å². The lowest BCUT2D eigenvalue weighted by Gasteiger charge is -2.26. The second-order valence-electron chi connectivity index (χ2n) is 5.58. The fourth-order valence-corrected chi connectivity index (χ4v) is 2.72. The molecule has 1 aromatic rings. The third-order valence-corrected chi connectivity index (χ3v) is 4.76. The van der Waals surface area contributed by atoms with Crippen LogP contribution in [0.3, 0.4) is 0 Å². The molecule has 4 nitrogen and oxygen atoms in total. The molecule has 1 unspecified atom stereocenters. The lowest BCUT2D eigenvalue weighted by molar-refractivity contribution is -0.00907. The number of nitrogens with zero attached hydrogens (tertiary/aromatic N) is 2. The van der Waals surface area contributed by atoms with E-state index in [1.54, 1.807) is 7.11 Å². The molecule has 0 aromatic carbocycles. The molecule has 2 rings (SSSR count). The van der Waals surface area contributed by atoms with Crippen LogP contribution in [0.15, 0.2) is 4.47 Å². The van der Waals surface area contributed by atoms with Crippen LogP contribution in [0.25, 0.3) is 0 Å². The average Bonchev–Trinajstić information content (AvgIpc) is 3.30. The van der Waals surface area contributed by atoms with Crippen molar-refractivity contribution in [1.29, 1.82) is 0 Å². The smallest absolute Gasteiger partial charge is 0.162 e. The molecule has 1 aliphatic carbocycles. The highest BCUT2D eigenvalue weighted by atomic mass is 79.9. The summed E-state index contributed by atoms with van der Waals surface area (Å²) in [6.45, 7) is 7.21. The molecule has 5 heteroatoms. The van der Waals surface area contributed by atoms with Crippen LogP contribution in [0.4, 0.5) is 5.82 Å². The van der Waals surface area contributed by atoms with Crippen molar-refractivity contribution in [3.05, 3.63) is 16.0 Å². The molecule has 1 atom stereocenters. The van der Waals surface area contributed by atoms with Gasteiger partial charge in [-0.25, -0.2) is 9.97 Å². The molecular weight excluding hydrogens is 318 g/mol. The minimum atomic E-state index is -0.424. The third-order valence-electron chi connectivity index (χ3n) is 3.98. The van der Waals surface area contributed by atoms with Gasteiger partial charge in [-0.05, 0) is 48.5 Å². The van der Waals surface area contributed by atoms with E-state index >= 15 is 0 Å². The number of nitrogens with one attached hydrogen (secondary N) is 1. The quantitative estimate of drug-likeness (QED) is 0.806. The Morgan fingerprint density at radius 1 is 1.35 bits per heavy atom. The third kappa shape index (κ3) is 3.14. The summed E-state index contributed by atoms with van der Waals surface area (Å²) in [5.41, 5.74) is 0.706. The molecule has 0 amide bonds. The van der Waals surface area contributed by atoms with E-state index in [-0.39, 0.29) is 0 Å². The molecule has 1 aromatic heterocycles. The maximum atomic E-state index is 5.66. The highest BCUT2D eigenvalue weighted by Gasteiger charge is 2.34. The van der Waals surface area contributed by atoms with Crippen molar-refractivity contribution < 1.29 is 4.74 Å². The van der Waals surface area contributed by atoms with Gasteiger partial charge in [-0.1, -0.05) is 13.8 Å². The zero-order valence-electron chi connectivity index (χ0n) is 12.8. The topological polar surface area (TPSA) is 47.0 Å². The molecule has 1 fully saturated rings. The highest BCUT2D eigenvalue weighted by molar-refractivity contribution is 9.10. The summed E-state index contributed by atoms with van der Waals surface area (Å²) in [7, 11) is 1.73. The number of methoxy groups -OCH3 is 1. The molecule has 0 bridgehead atoms. The van der Waals surface area contributed by atoms with E-state index in [0.29, 0.717) is 5.92 Å².